The third kappa shape index (κ3) is 4.60. The Hall–Kier alpha value is -1.47. The predicted molar refractivity (Wildman–Crippen MR) is 69.7 cm³/mol. The summed E-state index contributed by atoms with van der Waals surface area (Å²) in [7, 11) is 0. The second-order valence-electron chi connectivity index (χ2n) is 4.67. The number of nitrogens with one attached hydrogen (secondary N) is 3. The zero-order valence-electron chi connectivity index (χ0n) is 10.9. The number of ether oxygens (including phenoxy) is 1. The summed E-state index contributed by atoms with van der Waals surface area (Å²) in [6.07, 6.45) is 3.05. The highest BCUT2D eigenvalue weighted by atomic mass is 16.5. The summed E-state index contributed by atoms with van der Waals surface area (Å²) in [6.45, 7) is 2.97. The molecule has 1 saturated heterocycles. The Kier molecular flexibility index (Phi) is 5.29. The Morgan fingerprint density at radius 2 is 2.16 bits per heavy atom. The van der Waals surface area contributed by atoms with Gasteiger partial charge in [0.2, 0.25) is 5.91 Å². The van der Waals surface area contributed by atoms with E-state index in [-0.39, 0.29) is 11.8 Å². The van der Waals surface area contributed by atoms with Crippen LogP contribution in [0, 0.1) is 0 Å². The lowest BCUT2D eigenvalue weighted by Crippen LogP contribution is -2.39. The molecule has 2 aliphatic rings. The largest absolute Gasteiger partial charge is 0.376 e. The Labute approximate surface area is 112 Å². The molecule has 7 heteroatoms. The van der Waals surface area contributed by atoms with Gasteiger partial charge in [-0.2, -0.15) is 5.10 Å². The lowest BCUT2D eigenvalue weighted by atomic mass is 10.1. The van der Waals surface area contributed by atoms with Crippen molar-refractivity contribution in [3.63, 3.8) is 0 Å². The molecular weight excluding hydrogens is 248 g/mol. The van der Waals surface area contributed by atoms with Crippen LogP contribution in [0.1, 0.15) is 25.7 Å². The molecule has 2 amide bonds. The predicted octanol–water partition coefficient (Wildman–Crippen LogP) is -0.863. The fourth-order valence-corrected chi connectivity index (χ4v) is 2.09. The van der Waals surface area contributed by atoms with Crippen LogP contribution >= 0.6 is 0 Å². The van der Waals surface area contributed by atoms with Crippen LogP contribution in [0.5, 0.6) is 0 Å². The molecule has 2 aliphatic heterocycles. The molecule has 0 aliphatic carbocycles. The molecule has 106 valence electrons. The van der Waals surface area contributed by atoms with Crippen molar-refractivity contribution in [3.05, 3.63) is 0 Å². The molecule has 0 aromatic heterocycles. The Bertz CT molecular complexity index is 364. The smallest absolute Gasteiger partial charge is 0.267 e. The van der Waals surface area contributed by atoms with E-state index in [1.807, 2.05) is 0 Å². The number of piperidine rings is 1. The minimum atomic E-state index is -0.228. The second kappa shape index (κ2) is 7.20. The maximum absolute atomic E-state index is 11.7. The van der Waals surface area contributed by atoms with Crippen LogP contribution in [0.2, 0.25) is 0 Å². The number of carbonyl (C=O) groups excluding carboxylic acids is 2. The third-order valence-electron chi connectivity index (χ3n) is 3.19. The van der Waals surface area contributed by atoms with Gasteiger partial charge in [0.1, 0.15) is 5.71 Å². The van der Waals surface area contributed by atoms with Crippen LogP contribution in [0.4, 0.5) is 0 Å². The number of hydrazone groups is 1. The number of hydrogen-bond donors (Lipinski definition) is 3. The van der Waals surface area contributed by atoms with E-state index in [1.54, 1.807) is 0 Å². The van der Waals surface area contributed by atoms with Crippen molar-refractivity contribution in [2.75, 3.05) is 26.2 Å². The number of rotatable bonds is 5. The van der Waals surface area contributed by atoms with Crippen LogP contribution in [0.15, 0.2) is 5.10 Å². The molecule has 3 N–H and O–H groups in total. The summed E-state index contributed by atoms with van der Waals surface area (Å²) in [6, 6.07) is 0. The van der Waals surface area contributed by atoms with Gasteiger partial charge in [-0.25, -0.2) is 5.43 Å². The van der Waals surface area contributed by atoms with E-state index in [9.17, 15) is 9.59 Å². The van der Waals surface area contributed by atoms with Gasteiger partial charge in [0.25, 0.3) is 5.91 Å². The standard InChI is InChI=1S/C12H20N4O3/c17-11-2-1-10(15-16-11)12(18)14-7-8-19-9-3-5-13-6-4-9/h9,13H,1-8H2,(H,14,18)(H,16,17). The lowest BCUT2D eigenvalue weighted by Gasteiger charge is -2.23. The zero-order chi connectivity index (χ0) is 13.5. The highest BCUT2D eigenvalue weighted by Gasteiger charge is 2.18. The minimum absolute atomic E-state index is 0.147. The van der Waals surface area contributed by atoms with E-state index in [1.165, 1.54) is 0 Å². The lowest BCUT2D eigenvalue weighted by molar-refractivity contribution is -0.121. The van der Waals surface area contributed by atoms with E-state index >= 15 is 0 Å². The van der Waals surface area contributed by atoms with E-state index in [0.717, 1.165) is 25.9 Å². The monoisotopic (exact) mass is 268 g/mol. The van der Waals surface area contributed by atoms with E-state index in [2.05, 4.69) is 21.2 Å². The topological polar surface area (TPSA) is 91.8 Å². The third-order valence-corrected chi connectivity index (χ3v) is 3.19. The highest BCUT2D eigenvalue weighted by Crippen LogP contribution is 2.06. The van der Waals surface area contributed by atoms with E-state index in [0.29, 0.717) is 37.8 Å². The summed E-state index contributed by atoms with van der Waals surface area (Å²) in [5.74, 6) is -0.375. The van der Waals surface area contributed by atoms with E-state index < -0.39 is 0 Å². The van der Waals surface area contributed by atoms with Crippen LogP contribution < -0.4 is 16.1 Å². The average Bonchev–Trinajstić information content (AvgIpc) is 2.45. The first kappa shape index (κ1) is 14.0. The maximum Gasteiger partial charge on any atom is 0.267 e. The quantitative estimate of drug-likeness (QED) is 0.566. The molecule has 2 rings (SSSR count). The minimum Gasteiger partial charge on any atom is -0.376 e. The molecule has 0 bridgehead atoms. The molecule has 0 aromatic rings. The Morgan fingerprint density at radius 3 is 2.84 bits per heavy atom. The average molecular weight is 268 g/mol. The molecule has 0 spiro atoms. The van der Waals surface area contributed by atoms with Gasteiger partial charge in [-0.1, -0.05) is 0 Å². The van der Waals surface area contributed by atoms with Gasteiger partial charge in [-0.15, -0.1) is 0 Å². The molecule has 0 saturated carbocycles. The van der Waals surface area contributed by atoms with Gasteiger partial charge in [0.15, 0.2) is 0 Å². The molecular formula is C12H20N4O3. The first-order valence-electron chi connectivity index (χ1n) is 6.71. The van der Waals surface area contributed by atoms with Gasteiger partial charge in [0, 0.05) is 19.4 Å². The Morgan fingerprint density at radius 1 is 1.37 bits per heavy atom. The first-order chi connectivity index (χ1) is 9.25. The second-order valence-corrected chi connectivity index (χ2v) is 4.67. The molecule has 0 aromatic carbocycles. The van der Waals surface area contributed by atoms with Crippen LogP contribution in [0.25, 0.3) is 0 Å². The fourth-order valence-electron chi connectivity index (χ4n) is 2.09. The first-order valence-corrected chi connectivity index (χ1v) is 6.71. The maximum atomic E-state index is 11.7. The van der Waals surface area contributed by atoms with Gasteiger partial charge < -0.3 is 15.4 Å². The van der Waals surface area contributed by atoms with Gasteiger partial charge >= 0.3 is 0 Å². The van der Waals surface area contributed by atoms with Crippen LogP contribution in [-0.2, 0) is 14.3 Å². The van der Waals surface area contributed by atoms with Crippen molar-refractivity contribution in [3.8, 4) is 0 Å². The van der Waals surface area contributed by atoms with Crippen molar-refractivity contribution in [2.24, 2.45) is 5.10 Å². The van der Waals surface area contributed by atoms with Crippen LogP contribution in [0.3, 0.4) is 0 Å². The van der Waals surface area contributed by atoms with Gasteiger partial charge in [0.05, 0.1) is 12.7 Å². The van der Waals surface area contributed by atoms with Crippen molar-refractivity contribution in [1.29, 1.82) is 0 Å². The molecule has 2 heterocycles. The summed E-state index contributed by atoms with van der Waals surface area (Å²) >= 11 is 0. The number of hydrogen-bond acceptors (Lipinski definition) is 5. The number of carbonyl (C=O) groups is 2. The molecule has 0 unspecified atom stereocenters. The number of nitrogens with zero attached hydrogens (tertiary/aromatic N) is 1. The summed E-state index contributed by atoms with van der Waals surface area (Å²) in [5.41, 5.74) is 2.68. The molecule has 7 nitrogen and oxygen atoms in total. The molecule has 1 fully saturated rings. The normalized spacial score (nSPS) is 20.6. The van der Waals surface area contributed by atoms with Crippen molar-refractivity contribution in [1.82, 2.24) is 16.1 Å². The van der Waals surface area contributed by atoms with Crippen LogP contribution in [-0.4, -0.2) is 49.9 Å². The number of amides is 2. The molecule has 19 heavy (non-hydrogen) atoms. The Balaban J connectivity index is 1.60. The SMILES string of the molecule is O=C1CCC(C(=O)NCCOC2CCNCC2)=NN1. The fraction of sp³-hybridized carbons (Fsp3) is 0.750. The summed E-state index contributed by atoms with van der Waals surface area (Å²) < 4.78 is 5.67. The summed E-state index contributed by atoms with van der Waals surface area (Å²) in [5, 5.41) is 9.75. The molecule has 0 atom stereocenters. The summed E-state index contributed by atoms with van der Waals surface area (Å²) in [4.78, 5) is 22.6. The van der Waals surface area contributed by atoms with Crippen molar-refractivity contribution in [2.45, 2.75) is 31.8 Å². The van der Waals surface area contributed by atoms with E-state index in [4.69, 9.17) is 4.74 Å². The zero-order valence-corrected chi connectivity index (χ0v) is 10.9. The van der Waals surface area contributed by atoms with Gasteiger partial charge in [-0.05, 0) is 25.9 Å². The van der Waals surface area contributed by atoms with Gasteiger partial charge in [-0.3, -0.25) is 9.59 Å². The van der Waals surface area contributed by atoms with Crippen molar-refractivity contribution < 1.29 is 14.3 Å². The highest BCUT2D eigenvalue weighted by molar-refractivity contribution is 6.39. The molecule has 0 radical (unpaired) electrons. The van der Waals surface area contributed by atoms with Crippen molar-refractivity contribution >= 4 is 17.5 Å².